The highest BCUT2D eigenvalue weighted by molar-refractivity contribution is 14.1. The maximum atomic E-state index is 12.8. The van der Waals surface area contributed by atoms with E-state index in [2.05, 4.69) is 49.8 Å². The van der Waals surface area contributed by atoms with Gasteiger partial charge in [0.05, 0.1) is 10.2 Å². The van der Waals surface area contributed by atoms with Crippen molar-refractivity contribution in [3.63, 3.8) is 0 Å². The third kappa shape index (κ3) is 7.77. The summed E-state index contributed by atoms with van der Waals surface area (Å²) in [5.74, 6) is 3.58. The minimum Gasteiger partial charge on any atom is -0.490 e. The predicted octanol–water partition coefficient (Wildman–Crippen LogP) is 6.59. The Labute approximate surface area is 232 Å². The van der Waals surface area contributed by atoms with Gasteiger partial charge in [-0.05, 0) is 95.2 Å². The lowest BCUT2D eigenvalue weighted by Gasteiger charge is -2.13. The first-order valence-electron chi connectivity index (χ1n) is 10.9. The summed E-state index contributed by atoms with van der Waals surface area (Å²) in [5, 5.41) is 12.3. The van der Waals surface area contributed by atoms with Crippen LogP contribution in [0.15, 0.2) is 70.7 Å². The van der Waals surface area contributed by atoms with Crippen molar-refractivity contribution < 1.29 is 19.0 Å². The standard InChI is InChI=1S/C28H22BrIN2O4/c1-3-13-35-27-25(30)15-20(16-26(27)34-4-2)14-21(17-31)28(33)32-23-9-11-24(12-10-23)36-18-19-5-7-22(29)8-6-19/h1,5-12,14-16H,4,13,18H2,2H3,(H,32,33)/b21-14+. The lowest BCUT2D eigenvalue weighted by atomic mass is 10.1. The summed E-state index contributed by atoms with van der Waals surface area (Å²) in [4.78, 5) is 12.8. The average molecular weight is 657 g/mol. The maximum Gasteiger partial charge on any atom is 0.266 e. The maximum absolute atomic E-state index is 12.8. The molecule has 0 aliphatic heterocycles. The van der Waals surface area contributed by atoms with Crippen LogP contribution in [0.25, 0.3) is 6.08 Å². The summed E-state index contributed by atoms with van der Waals surface area (Å²) in [6.07, 6.45) is 6.80. The van der Waals surface area contributed by atoms with Crippen LogP contribution in [0.5, 0.6) is 17.2 Å². The lowest BCUT2D eigenvalue weighted by Crippen LogP contribution is -2.13. The molecule has 0 atom stereocenters. The molecule has 0 saturated carbocycles. The van der Waals surface area contributed by atoms with Gasteiger partial charge in [-0.3, -0.25) is 4.79 Å². The molecular formula is C28H22BrIN2O4. The smallest absolute Gasteiger partial charge is 0.266 e. The second-order valence-corrected chi connectivity index (χ2v) is 9.40. The molecule has 3 rings (SSSR count). The van der Waals surface area contributed by atoms with Crippen molar-refractivity contribution >= 4 is 56.2 Å². The highest BCUT2D eigenvalue weighted by Crippen LogP contribution is 2.35. The van der Waals surface area contributed by atoms with Crippen molar-refractivity contribution in [1.29, 1.82) is 5.26 Å². The van der Waals surface area contributed by atoms with Gasteiger partial charge in [0.15, 0.2) is 11.5 Å². The molecule has 0 aromatic heterocycles. The van der Waals surface area contributed by atoms with Crippen molar-refractivity contribution in [2.24, 2.45) is 0 Å². The zero-order valence-corrected chi connectivity index (χ0v) is 23.1. The summed E-state index contributed by atoms with van der Waals surface area (Å²) < 4.78 is 18.8. The molecule has 0 bridgehead atoms. The highest BCUT2D eigenvalue weighted by atomic mass is 127. The minimum absolute atomic E-state index is 0.0545. The van der Waals surface area contributed by atoms with Crippen LogP contribution in [-0.4, -0.2) is 19.1 Å². The molecule has 0 aliphatic rings. The van der Waals surface area contributed by atoms with Gasteiger partial charge in [-0.25, -0.2) is 0 Å². The molecule has 36 heavy (non-hydrogen) atoms. The Morgan fingerprint density at radius 1 is 1.11 bits per heavy atom. The Bertz CT molecular complexity index is 1320. The van der Waals surface area contributed by atoms with E-state index in [1.165, 1.54) is 6.08 Å². The number of nitriles is 1. The van der Waals surface area contributed by atoms with E-state index >= 15 is 0 Å². The summed E-state index contributed by atoms with van der Waals surface area (Å²) in [6.45, 7) is 2.80. The van der Waals surface area contributed by atoms with E-state index in [0.717, 1.165) is 13.6 Å². The van der Waals surface area contributed by atoms with Gasteiger partial charge in [-0.1, -0.05) is 34.0 Å². The van der Waals surface area contributed by atoms with Gasteiger partial charge < -0.3 is 19.5 Å². The number of carbonyl (C=O) groups is 1. The molecule has 6 nitrogen and oxygen atoms in total. The van der Waals surface area contributed by atoms with Gasteiger partial charge in [-0.15, -0.1) is 6.42 Å². The van der Waals surface area contributed by atoms with E-state index in [4.69, 9.17) is 20.6 Å². The van der Waals surface area contributed by atoms with Gasteiger partial charge in [0.2, 0.25) is 0 Å². The Balaban J connectivity index is 1.69. The first-order valence-corrected chi connectivity index (χ1v) is 12.7. The van der Waals surface area contributed by atoms with Gasteiger partial charge in [-0.2, -0.15) is 5.26 Å². The number of benzene rings is 3. The van der Waals surface area contributed by atoms with Crippen LogP contribution in [-0.2, 0) is 11.4 Å². The number of ether oxygens (including phenoxy) is 3. The number of hydrogen-bond donors (Lipinski definition) is 1. The number of nitrogens with zero attached hydrogens (tertiary/aromatic N) is 1. The second-order valence-electron chi connectivity index (χ2n) is 7.32. The number of nitrogens with one attached hydrogen (secondary N) is 1. The van der Waals surface area contributed by atoms with Crippen LogP contribution >= 0.6 is 38.5 Å². The molecule has 1 amide bonds. The van der Waals surface area contributed by atoms with Crippen molar-refractivity contribution in [1.82, 2.24) is 0 Å². The van der Waals surface area contributed by atoms with E-state index in [1.807, 2.05) is 37.3 Å². The second kappa shape index (κ2) is 13.6. The van der Waals surface area contributed by atoms with Crippen molar-refractivity contribution in [2.45, 2.75) is 13.5 Å². The number of hydrogen-bond acceptors (Lipinski definition) is 5. The zero-order chi connectivity index (χ0) is 25.9. The van der Waals surface area contributed by atoms with E-state index in [0.29, 0.717) is 41.7 Å². The normalized spacial score (nSPS) is 10.6. The Morgan fingerprint density at radius 3 is 2.47 bits per heavy atom. The molecule has 3 aromatic carbocycles. The van der Waals surface area contributed by atoms with Crippen molar-refractivity contribution in [3.8, 4) is 35.7 Å². The molecule has 0 fully saturated rings. The first-order chi connectivity index (χ1) is 17.4. The van der Waals surface area contributed by atoms with Gasteiger partial charge in [0.25, 0.3) is 5.91 Å². The average Bonchev–Trinajstić information content (AvgIpc) is 2.87. The molecule has 8 heteroatoms. The first kappa shape index (κ1) is 27.1. The van der Waals surface area contributed by atoms with Gasteiger partial charge in [0.1, 0.15) is 30.6 Å². The molecular weight excluding hydrogens is 635 g/mol. The van der Waals surface area contributed by atoms with Crippen LogP contribution in [0.2, 0.25) is 0 Å². The summed E-state index contributed by atoms with van der Waals surface area (Å²) in [7, 11) is 0. The minimum atomic E-state index is -0.526. The van der Waals surface area contributed by atoms with Crippen LogP contribution in [0.3, 0.4) is 0 Å². The molecule has 3 aromatic rings. The van der Waals surface area contributed by atoms with E-state index in [-0.39, 0.29) is 12.2 Å². The summed E-state index contributed by atoms with van der Waals surface area (Å²) in [6, 6.07) is 20.3. The summed E-state index contributed by atoms with van der Waals surface area (Å²) in [5.41, 5.74) is 2.15. The fourth-order valence-electron chi connectivity index (χ4n) is 3.08. The van der Waals surface area contributed by atoms with Gasteiger partial charge in [0, 0.05) is 10.2 Å². The largest absolute Gasteiger partial charge is 0.490 e. The van der Waals surface area contributed by atoms with Crippen LogP contribution in [0.4, 0.5) is 5.69 Å². The number of halogens is 2. The molecule has 1 N–H and O–H groups in total. The molecule has 0 spiro atoms. The third-order valence-electron chi connectivity index (χ3n) is 4.74. The SMILES string of the molecule is C#CCOc1c(I)cc(/C=C(\C#N)C(=O)Nc2ccc(OCc3ccc(Br)cc3)cc2)cc1OCC. The van der Waals surface area contributed by atoms with Crippen LogP contribution < -0.4 is 19.5 Å². The predicted molar refractivity (Wildman–Crippen MR) is 152 cm³/mol. The van der Waals surface area contributed by atoms with Gasteiger partial charge >= 0.3 is 0 Å². The molecule has 0 heterocycles. The Hall–Kier alpha value is -3.47. The lowest BCUT2D eigenvalue weighted by molar-refractivity contribution is -0.112. The van der Waals surface area contributed by atoms with Crippen LogP contribution in [0.1, 0.15) is 18.1 Å². The zero-order valence-electron chi connectivity index (χ0n) is 19.4. The van der Waals surface area contributed by atoms with E-state index < -0.39 is 5.91 Å². The molecule has 0 radical (unpaired) electrons. The highest BCUT2D eigenvalue weighted by Gasteiger charge is 2.14. The number of terminal acetylenes is 1. The number of rotatable bonds is 10. The van der Waals surface area contributed by atoms with Crippen molar-refractivity contribution in [2.75, 3.05) is 18.5 Å². The van der Waals surface area contributed by atoms with Crippen LogP contribution in [0, 0.1) is 27.2 Å². The fourth-order valence-corrected chi connectivity index (χ4v) is 4.13. The topological polar surface area (TPSA) is 80.6 Å². The summed E-state index contributed by atoms with van der Waals surface area (Å²) >= 11 is 5.51. The van der Waals surface area contributed by atoms with Crippen molar-refractivity contribution in [3.05, 3.63) is 85.4 Å². The quantitative estimate of drug-likeness (QED) is 0.115. The fraction of sp³-hybridized carbons (Fsp3) is 0.143. The number of carbonyl (C=O) groups excluding carboxylic acids is 1. The molecule has 0 aliphatic carbocycles. The van der Waals surface area contributed by atoms with E-state index in [1.54, 1.807) is 36.4 Å². The molecule has 0 unspecified atom stereocenters. The number of anilines is 1. The third-order valence-corrected chi connectivity index (χ3v) is 6.07. The number of amides is 1. The Morgan fingerprint density at radius 2 is 1.83 bits per heavy atom. The van der Waals surface area contributed by atoms with E-state index in [9.17, 15) is 10.1 Å². The molecule has 0 saturated heterocycles. The Kier molecular flexibility index (Phi) is 10.2. The monoisotopic (exact) mass is 656 g/mol. The molecule has 182 valence electrons.